The van der Waals surface area contributed by atoms with Gasteiger partial charge in [-0.2, -0.15) is 0 Å². The van der Waals surface area contributed by atoms with Gasteiger partial charge in [-0.05, 0) is 13.3 Å². The Hall–Kier alpha value is -1.10. The molecular formula is C10H16N2O3. The van der Waals surface area contributed by atoms with Gasteiger partial charge in [-0.3, -0.25) is 9.59 Å². The molecule has 2 atom stereocenters. The summed E-state index contributed by atoms with van der Waals surface area (Å²) < 4.78 is 5.28. The lowest BCUT2D eigenvalue weighted by atomic mass is 10.1. The number of hydrogen-bond donors (Lipinski definition) is 1. The molecule has 2 unspecified atom stereocenters. The van der Waals surface area contributed by atoms with Crippen LogP contribution in [-0.4, -0.2) is 48.6 Å². The lowest BCUT2D eigenvalue weighted by molar-refractivity contribution is -0.134. The number of ether oxygens (including phenoxy) is 1. The first-order valence-corrected chi connectivity index (χ1v) is 5.34. The first-order chi connectivity index (χ1) is 7.18. The highest BCUT2D eigenvalue weighted by Gasteiger charge is 2.33. The number of rotatable bonds is 1. The third-order valence-corrected chi connectivity index (χ3v) is 2.98. The van der Waals surface area contributed by atoms with Gasteiger partial charge in [0, 0.05) is 19.1 Å². The van der Waals surface area contributed by atoms with Gasteiger partial charge in [0.15, 0.2) is 0 Å². The van der Waals surface area contributed by atoms with Crippen molar-refractivity contribution < 1.29 is 14.3 Å². The monoisotopic (exact) mass is 212 g/mol. The maximum Gasteiger partial charge on any atom is 0.242 e. The van der Waals surface area contributed by atoms with Crippen molar-refractivity contribution in [2.75, 3.05) is 19.8 Å². The highest BCUT2D eigenvalue weighted by molar-refractivity contribution is 5.87. The Bertz CT molecular complexity index is 274. The Morgan fingerprint density at radius 1 is 1.47 bits per heavy atom. The largest absolute Gasteiger partial charge is 0.379 e. The molecule has 5 nitrogen and oxygen atoms in total. The Balaban J connectivity index is 2.11. The Morgan fingerprint density at radius 2 is 2.27 bits per heavy atom. The van der Waals surface area contributed by atoms with Crippen LogP contribution in [0.15, 0.2) is 0 Å². The Labute approximate surface area is 88.8 Å². The topological polar surface area (TPSA) is 58.6 Å². The number of carbonyl (C=O) groups excluding carboxylic acids is 2. The van der Waals surface area contributed by atoms with Crippen LogP contribution in [0.3, 0.4) is 0 Å². The molecule has 0 radical (unpaired) electrons. The molecule has 1 N–H and O–H groups in total. The molecule has 2 aliphatic rings. The van der Waals surface area contributed by atoms with Crippen LogP contribution in [0.5, 0.6) is 0 Å². The normalized spacial score (nSPS) is 32.7. The van der Waals surface area contributed by atoms with E-state index in [0.29, 0.717) is 19.6 Å². The van der Waals surface area contributed by atoms with E-state index in [1.807, 2.05) is 11.8 Å². The molecule has 0 aromatic rings. The van der Waals surface area contributed by atoms with E-state index in [9.17, 15) is 9.59 Å². The summed E-state index contributed by atoms with van der Waals surface area (Å²) in [6, 6.07) is 0.131. The molecule has 0 bridgehead atoms. The molecule has 0 aromatic carbocycles. The van der Waals surface area contributed by atoms with Crippen LogP contribution < -0.4 is 5.32 Å². The molecule has 0 aromatic heterocycles. The number of carbonyl (C=O) groups is 2. The van der Waals surface area contributed by atoms with Crippen molar-refractivity contribution in [2.24, 2.45) is 0 Å². The highest BCUT2D eigenvalue weighted by Crippen LogP contribution is 2.18. The van der Waals surface area contributed by atoms with Crippen molar-refractivity contribution >= 4 is 11.8 Å². The summed E-state index contributed by atoms with van der Waals surface area (Å²) >= 11 is 0. The van der Waals surface area contributed by atoms with E-state index in [1.54, 1.807) is 0 Å². The molecule has 2 aliphatic heterocycles. The molecule has 2 heterocycles. The van der Waals surface area contributed by atoms with Gasteiger partial charge in [0.2, 0.25) is 11.8 Å². The molecule has 2 fully saturated rings. The smallest absolute Gasteiger partial charge is 0.242 e. The molecule has 2 amide bonds. The third-order valence-electron chi connectivity index (χ3n) is 2.98. The zero-order valence-corrected chi connectivity index (χ0v) is 8.86. The first kappa shape index (κ1) is 10.4. The summed E-state index contributed by atoms with van der Waals surface area (Å²) in [5.41, 5.74) is 0. The van der Waals surface area contributed by atoms with Crippen molar-refractivity contribution in [3.8, 4) is 0 Å². The second-order valence-electron chi connectivity index (χ2n) is 4.15. The summed E-state index contributed by atoms with van der Waals surface area (Å²) in [5, 5.41) is 2.61. The fourth-order valence-corrected chi connectivity index (χ4v) is 2.26. The Kier molecular flexibility index (Phi) is 2.90. The predicted molar refractivity (Wildman–Crippen MR) is 53.2 cm³/mol. The number of hydrogen-bond acceptors (Lipinski definition) is 3. The quantitative estimate of drug-likeness (QED) is 0.638. The van der Waals surface area contributed by atoms with Gasteiger partial charge < -0.3 is 15.0 Å². The van der Waals surface area contributed by atoms with Crippen LogP contribution in [0.25, 0.3) is 0 Å². The van der Waals surface area contributed by atoms with Crippen LogP contribution in [0.1, 0.15) is 19.8 Å². The molecule has 0 aliphatic carbocycles. The van der Waals surface area contributed by atoms with E-state index in [1.165, 1.54) is 0 Å². The predicted octanol–water partition coefficient (Wildman–Crippen LogP) is -0.488. The molecule has 2 saturated heterocycles. The van der Waals surface area contributed by atoms with Crippen LogP contribution in [0, 0.1) is 0 Å². The summed E-state index contributed by atoms with van der Waals surface area (Å²) in [6.07, 6.45) is 1.27. The van der Waals surface area contributed by atoms with E-state index in [-0.39, 0.29) is 30.4 Å². The molecule has 2 rings (SSSR count). The summed E-state index contributed by atoms with van der Waals surface area (Å²) in [7, 11) is 0. The minimum Gasteiger partial charge on any atom is -0.379 e. The van der Waals surface area contributed by atoms with Crippen LogP contribution >= 0.6 is 0 Å². The lowest BCUT2D eigenvalue weighted by Crippen LogP contribution is -2.47. The minimum atomic E-state index is -0.0442. The highest BCUT2D eigenvalue weighted by atomic mass is 16.5. The van der Waals surface area contributed by atoms with Gasteiger partial charge in [0.05, 0.1) is 19.2 Å². The van der Waals surface area contributed by atoms with Gasteiger partial charge >= 0.3 is 0 Å². The fraction of sp³-hybridized carbons (Fsp3) is 0.800. The van der Waals surface area contributed by atoms with Crippen LogP contribution in [0.2, 0.25) is 0 Å². The van der Waals surface area contributed by atoms with E-state index in [0.717, 1.165) is 6.42 Å². The van der Waals surface area contributed by atoms with Gasteiger partial charge in [-0.1, -0.05) is 0 Å². The van der Waals surface area contributed by atoms with Crippen LogP contribution in [-0.2, 0) is 14.3 Å². The lowest BCUT2D eigenvalue weighted by Gasteiger charge is -2.31. The zero-order valence-electron chi connectivity index (χ0n) is 8.86. The van der Waals surface area contributed by atoms with E-state index in [4.69, 9.17) is 4.74 Å². The SMILES string of the molecule is CC1CC(=O)NCC(=O)N1C1CCOC1. The third kappa shape index (κ3) is 2.12. The summed E-state index contributed by atoms with van der Waals surface area (Å²) in [4.78, 5) is 24.9. The van der Waals surface area contributed by atoms with E-state index >= 15 is 0 Å². The molecule has 0 spiro atoms. The van der Waals surface area contributed by atoms with E-state index < -0.39 is 0 Å². The fourth-order valence-electron chi connectivity index (χ4n) is 2.26. The summed E-state index contributed by atoms with van der Waals surface area (Å²) in [6.45, 7) is 3.35. The van der Waals surface area contributed by atoms with Gasteiger partial charge in [-0.15, -0.1) is 0 Å². The Morgan fingerprint density at radius 3 is 2.93 bits per heavy atom. The van der Waals surface area contributed by atoms with E-state index in [2.05, 4.69) is 5.32 Å². The second-order valence-corrected chi connectivity index (χ2v) is 4.15. The zero-order chi connectivity index (χ0) is 10.8. The standard InChI is InChI=1S/C10H16N2O3/c1-7-4-9(13)11-5-10(14)12(7)8-2-3-15-6-8/h7-8H,2-6H2,1H3,(H,11,13). The molecule has 84 valence electrons. The van der Waals surface area contributed by atoms with Gasteiger partial charge in [-0.25, -0.2) is 0 Å². The minimum absolute atomic E-state index is 0.00356. The average molecular weight is 212 g/mol. The number of nitrogens with zero attached hydrogens (tertiary/aromatic N) is 1. The number of amides is 2. The van der Waals surface area contributed by atoms with Crippen molar-refractivity contribution in [3.63, 3.8) is 0 Å². The first-order valence-electron chi connectivity index (χ1n) is 5.34. The average Bonchev–Trinajstić information content (AvgIpc) is 2.64. The van der Waals surface area contributed by atoms with Gasteiger partial charge in [0.1, 0.15) is 0 Å². The van der Waals surface area contributed by atoms with Crippen molar-refractivity contribution in [3.05, 3.63) is 0 Å². The van der Waals surface area contributed by atoms with Gasteiger partial charge in [0.25, 0.3) is 0 Å². The van der Waals surface area contributed by atoms with Crippen molar-refractivity contribution in [1.29, 1.82) is 0 Å². The molecule has 15 heavy (non-hydrogen) atoms. The molecule has 0 saturated carbocycles. The second kappa shape index (κ2) is 4.18. The maximum atomic E-state index is 11.8. The maximum absolute atomic E-state index is 11.8. The summed E-state index contributed by atoms with van der Waals surface area (Å²) in [5.74, 6) is -0.0406. The van der Waals surface area contributed by atoms with Crippen molar-refractivity contribution in [1.82, 2.24) is 10.2 Å². The van der Waals surface area contributed by atoms with Crippen molar-refractivity contribution in [2.45, 2.75) is 31.8 Å². The van der Waals surface area contributed by atoms with Crippen LogP contribution in [0.4, 0.5) is 0 Å². The molecule has 5 heteroatoms. The molecular weight excluding hydrogens is 196 g/mol. The number of nitrogens with one attached hydrogen (secondary N) is 1.